The number of hydrogen-bond acceptors (Lipinski definition) is 5. The molecule has 1 aliphatic rings. The number of carbonyl (C=O) groups is 2. The van der Waals surface area contributed by atoms with Gasteiger partial charge in [-0.15, -0.1) is 0 Å². The summed E-state index contributed by atoms with van der Waals surface area (Å²) in [7, 11) is 1.25. The number of hydrogen-bond donors (Lipinski definition) is 2. The molecule has 6 nitrogen and oxygen atoms in total. The number of nitrogens with two attached hydrogens (primary N) is 1. The van der Waals surface area contributed by atoms with Crippen molar-refractivity contribution in [1.82, 2.24) is 0 Å². The summed E-state index contributed by atoms with van der Waals surface area (Å²) >= 11 is 0. The van der Waals surface area contributed by atoms with Crippen LogP contribution < -0.4 is 15.8 Å². The van der Waals surface area contributed by atoms with Gasteiger partial charge in [-0.25, -0.2) is 0 Å². The Morgan fingerprint density at radius 2 is 1.74 bits per heavy atom. The third-order valence-corrected chi connectivity index (χ3v) is 5.46. The minimum absolute atomic E-state index is 0.0187. The highest BCUT2D eigenvalue weighted by atomic mass is 19.4. The SMILES string of the molecule is COC(=O)[C@H](N)Cc1ccc(Oc2ccc(/C=C3/C(=O)Nc4ccccc43)c(C(F)(F)F)c2)cc1. The van der Waals surface area contributed by atoms with Gasteiger partial charge in [0.25, 0.3) is 5.91 Å². The van der Waals surface area contributed by atoms with Gasteiger partial charge in [-0.2, -0.15) is 13.2 Å². The van der Waals surface area contributed by atoms with Gasteiger partial charge in [-0.05, 0) is 54.0 Å². The highest BCUT2D eigenvalue weighted by Gasteiger charge is 2.34. The predicted molar refractivity (Wildman–Crippen MR) is 125 cm³/mol. The first-order valence-corrected chi connectivity index (χ1v) is 10.6. The van der Waals surface area contributed by atoms with Crippen LogP contribution in [0.25, 0.3) is 11.6 Å². The Labute approximate surface area is 199 Å². The van der Waals surface area contributed by atoms with E-state index in [0.717, 1.165) is 11.6 Å². The molecule has 0 saturated carbocycles. The van der Waals surface area contributed by atoms with Crippen molar-refractivity contribution < 1.29 is 32.2 Å². The van der Waals surface area contributed by atoms with Gasteiger partial charge in [0, 0.05) is 16.8 Å². The number of carbonyl (C=O) groups excluding carboxylic acids is 2. The summed E-state index contributed by atoms with van der Waals surface area (Å²) in [6.45, 7) is 0. The minimum atomic E-state index is -4.67. The number of nitrogens with one attached hydrogen (secondary N) is 1. The molecule has 3 aromatic carbocycles. The van der Waals surface area contributed by atoms with Crippen LogP contribution in [0, 0.1) is 0 Å². The number of ether oxygens (including phenoxy) is 2. The summed E-state index contributed by atoms with van der Waals surface area (Å²) in [6, 6.07) is 16.0. The zero-order valence-electron chi connectivity index (χ0n) is 18.6. The lowest BCUT2D eigenvalue weighted by molar-refractivity contribution is -0.142. The average Bonchev–Trinajstić information content (AvgIpc) is 3.14. The first-order valence-electron chi connectivity index (χ1n) is 10.6. The van der Waals surface area contributed by atoms with Crippen LogP contribution in [0.2, 0.25) is 0 Å². The monoisotopic (exact) mass is 482 g/mol. The second-order valence-corrected chi connectivity index (χ2v) is 7.88. The third-order valence-electron chi connectivity index (χ3n) is 5.46. The summed E-state index contributed by atoms with van der Waals surface area (Å²) < 4.78 is 51.8. The van der Waals surface area contributed by atoms with Gasteiger partial charge < -0.3 is 20.5 Å². The molecule has 0 aromatic heterocycles. The molecular weight excluding hydrogens is 461 g/mol. The highest BCUT2D eigenvalue weighted by molar-refractivity contribution is 6.34. The topological polar surface area (TPSA) is 90.7 Å². The van der Waals surface area contributed by atoms with Gasteiger partial charge in [0.05, 0.1) is 12.7 Å². The summed E-state index contributed by atoms with van der Waals surface area (Å²) in [5.41, 5.74) is 6.64. The largest absolute Gasteiger partial charge is 0.468 e. The van der Waals surface area contributed by atoms with E-state index in [2.05, 4.69) is 10.1 Å². The van der Waals surface area contributed by atoms with E-state index in [0.29, 0.717) is 17.0 Å². The lowest BCUT2D eigenvalue weighted by atomic mass is 10.00. The zero-order valence-corrected chi connectivity index (χ0v) is 18.6. The van der Waals surface area contributed by atoms with Gasteiger partial charge in [-0.1, -0.05) is 36.4 Å². The maximum absolute atomic E-state index is 13.9. The van der Waals surface area contributed by atoms with Crippen molar-refractivity contribution in [3.63, 3.8) is 0 Å². The number of benzene rings is 3. The van der Waals surface area contributed by atoms with Gasteiger partial charge in [0.1, 0.15) is 17.5 Å². The fourth-order valence-electron chi connectivity index (χ4n) is 3.73. The van der Waals surface area contributed by atoms with E-state index in [1.54, 1.807) is 48.5 Å². The fraction of sp³-hybridized carbons (Fsp3) is 0.154. The van der Waals surface area contributed by atoms with Crippen LogP contribution in [0.1, 0.15) is 22.3 Å². The van der Waals surface area contributed by atoms with E-state index in [-0.39, 0.29) is 23.3 Å². The molecule has 35 heavy (non-hydrogen) atoms. The first-order chi connectivity index (χ1) is 16.7. The third kappa shape index (κ3) is 5.36. The molecule has 0 unspecified atom stereocenters. The first kappa shape index (κ1) is 24.0. The van der Waals surface area contributed by atoms with Crippen LogP contribution in [-0.4, -0.2) is 25.0 Å². The fourth-order valence-corrected chi connectivity index (χ4v) is 3.73. The van der Waals surface area contributed by atoms with Gasteiger partial charge in [0.2, 0.25) is 0 Å². The Morgan fingerprint density at radius 3 is 2.43 bits per heavy atom. The normalized spacial score (nSPS) is 14.9. The van der Waals surface area contributed by atoms with Crippen LogP contribution >= 0.6 is 0 Å². The zero-order chi connectivity index (χ0) is 25.2. The lowest BCUT2D eigenvalue weighted by Crippen LogP contribution is -2.33. The molecule has 180 valence electrons. The summed E-state index contributed by atoms with van der Waals surface area (Å²) in [4.78, 5) is 23.8. The van der Waals surface area contributed by atoms with Gasteiger partial charge in [-0.3, -0.25) is 9.59 Å². The number of esters is 1. The second kappa shape index (κ2) is 9.63. The number of anilines is 1. The van der Waals surface area contributed by atoms with Crippen molar-refractivity contribution >= 4 is 29.2 Å². The lowest BCUT2D eigenvalue weighted by Gasteiger charge is -2.14. The Kier molecular flexibility index (Phi) is 6.61. The van der Waals surface area contributed by atoms with Crippen LogP contribution in [0.15, 0.2) is 66.7 Å². The quantitative estimate of drug-likeness (QED) is 0.380. The molecule has 9 heteroatoms. The molecule has 0 radical (unpaired) electrons. The van der Waals surface area contributed by atoms with Crippen molar-refractivity contribution in [2.45, 2.75) is 18.6 Å². The number of halogens is 3. The van der Waals surface area contributed by atoms with Crippen molar-refractivity contribution in [2.24, 2.45) is 5.73 Å². The Hall–Kier alpha value is -4.11. The number of para-hydroxylation sites is 1. The standard InChI is InChI=1S/C26H21F3N2O4/c1-34-25(33)22(30)12-15-6-9-17(10-7-15)35-18-11-8-16(21(14-18)26(27,28)29)13-20-19-4-2-3-5-23(19)31-24(20)32/h2-11,13-14,22H,12,30H2,1H3,(H,31,32)/b20-13+/t22-/m1/s1. The Bertz CT molecular complexity index is 1300. The van der Waals surface area contributed by atoms with Crippen LogP contribution in [0.4, 0.5) is 18.9 Å². The highest BCUT2D eigenvalue weighted by Crippen LogP contribution is 2.39. The van der Waals surface area contributed by atoms with E-state index < -0.39 is 29.7 Å². The summed E-state index contributed by atoms with van der Waals surface area (Å²) in [5, 5.41) is 2.65. The molecule has 0 spiro atoms. The minimum Gasteiger partial charge on any atom is -0.468 e. The molecular formula is C26H21F3N2O4. The van der Waals surface area contributed by atoms with E-state index in [4.69, 9.17) is 10.5 Å². The van der Waals surface area contributed by atoms with Crippen molar-refractivity contribution in [3.05, 3.63) is 89.0 Å². The van der Waals surface area contributed by atoms with Crippen molar-refractivity contribution in [2.75, 3.05) is 12.4 Å². The molecule has 1 aliphatic heterocycles. The smallest absolute Gasteiger partial charge is 0.417 e. The summed E-state index contributed by atoms with van der Waals surface area (Å²) in [6.07, 6.45) is -3.20. The molecule has 4 rings (SSSR count). The molecule has 0 fully saturated rings. The molecule has 3 aromatic rings. The second-order valence-electron chi connectivity index (χ2n) is 7.88. The molecule has 3 N–H and O–H groups in total. The molecule has 1 amide bonds. The maximum Gasteiger partial charge on any atom is 0.417 e. The van der Waals surface area contributed by atoms with Crippen LogP contribution in [0.5, 0.6) is 11.5 Å². The average molecular weight is 482 g/mol. The van der Waals surface area contributed by atoms with Gasteiger partial charge >= 0.3 is 12.1 Å². The number of alkyl halides is 3. The number of methoxy groups -OCH3 is 1. The Morgan fingerprint density at radius 1 is 1.06 bits per heavy atom. The van der Waals surface area contributed by atoms with E-state index in [1.807, 2.05) is 0 Å². The van der Waals surface area contributed by atoms with E-state index in [1.165, 1.54) is 25.3 Å². The van der Waals surface area contributed by atoms with Crippen LogP contribution in [-0.2, 0) is 26.9 Å². The molecule has 0 bridgehead atoms. The van der Waals surface area contributed by atoms with Crippen molar-refractivity contribution in [3.8, 4) is 11.5 Å². The van der Waals surface area contributed by atoms with E-state index in [9.17, 15) is 22.8 Å². The predicted octanol–water partition coefficient (Wildman–Crippen LogP) is 5.03. The molecule has 1 heterocycles. The number of amides is 1. The van der Waals surface area contributed by atoms with E-state index >= 15 is 0 Å². The van der Waals surface area contributed by atoms with Crippen molar-refractivity contribution in [1.29, 1.82) is 0 Å². The number of fused-ring (bicyclic) bond motifs is 1. The molecule has 1 atom stereocenters. The van der Waals surface area contributed by atoms with Crippen LogP contribution in [0.3, 0.4) is 0 Å². The number of rotatable bonds is 6. The Balaban J connectivity index is 1.59. The van der Waals surface area contributed by atoms with Gasteiger partial charge in [0.15, 0.2) is 0 Å². The molecule has 0 saturated heterocycles. The summed E-state index contributed by atoms with van der Waals surface area (Å²) in [5.74, 6) is -0.719. The molecule has 0 aliphatic carbocycles. The maximum atomic E-state index is 13.9.